The number of hydrogen-bond donors (Lipinski definition) is 1. The van der Waals surface area contributed by atoms with Gasteiger partial charge in [-0.3, -0.25) is 0 Å². The minimum atomic E-state index is 0.591. The highest BCUT2D eigenvalue weighted by atomic mass is 79.9. The molecule has 2 nitrogen and oxygen atoms in total. The van der Waals surface area contributed by atoms with E-state index in [1.807, 2.05) is 36.5 Å². The zero-order valence-corrected chi connectivity index (χ0v) is 11.3. The lowest BCUT2D eigenvalue weighted by Crippen LogP contribution is -1.94. The number of rotatable bonds is 3. The van der Waals surface area contributed by atoms with E-state index in [1.165, 1.54) is 10.9 Å². The highest BCUT2D eigenvalue weighted by Crippen LogP contribution is 2.27. The molecule has 3 aromatic rings. The van der Waals surface area contributed by atoms with Crippen LogP contribution in [0.4, 0.5) is 0 Å². The minimum Gasteiger partial charge on any atom is -0.489 e. The van der Waals surface area contributed by atoms with Crippen LogP contribution in [0.5, 0.6) is 5.75 Å². The summed E-state index contributed by atoms with van der Waals surface area (Å²) in [5.74, 6) is 0.876. The fraction of sp³-hybridized carbons (Fsp3) is 0.0667. The molecule has 2 aromatic carbocycles. The number of halogens is 1. The van der Waals surface area contributed by atoms with E-state index in [2.05, 4.69) is 39.1 Å². The molecule has 90 valence electrons. The quantitative estimate of drug-likeness (QED) is 0.756. The Kier molecular flexibility index (Phi) is 3.07. The maximum Gasteiger partial charge on any atom is 0.121 e. The monoisotopic (exact) mass is 301 g/mol. The minimum absolute atomic E-state index is 0.591. The summed E-state index contributed by atoms with van der Waals surface area (Å²) in [6.07, 6.45) is 1.94. The van der Waals surface area contributed by atoms with Crippen molar-refractivity contribution in [3.8, 4) is 5.75 Å². The van der Waals surface area contributed by atoms with Crippen LogP contribution in [0.3, 0.4) is 0 Å². The molecule has 0 unspecified atom stereocenters. The maximum atomic E-state index is 5.77. The van der Waals surface area contributed by atoms with E-state index < -0.39 is 0 Å². The van der Waals surface area contributed by atoms with Crippen LogP contribution >= 0.6 is 15.9 Å². The lowest BCUT2D eigenvalue weighted by Gasteiger charge is -2.06. The molecule has 0 radical (unpaired) electrons. The number of aromatic amines is 1. The summed E-state index contributed by atoms with van der Waals surface area (Å²) in [5.41, 5.74) is 2.25. The smallest absolute Gasteiger partial charge is 0.121 e. The third-order valence-corrected chi connectivity index (χ3v) is 3.51. The molecule has 3 rings (SSSR count). The molecule has 0 saturated carbocycles. The molecule has 0 atom stereocenters. The zero-order valence-electron chi connectivity index (χ0n) is 9.69. The van der Waals surface area contributed by atoms with Gasteiger partial charge in [-0.1, -0.05) is 30.3 Å². The Morgan fingerprint density at radius 1 is 1.06 bits per heavy atom. The van der Waals surface area contributed by atoms with Crippen molar-refractivity contribution >= 4 is 26.8 Å². The number of ether oxygens (including phenoxy) is 1. The van der Waals surface area contributed by atoms with Crippen molar-refractivity contribution in [1.82, 2.24) is 4.98 Å². The summed E-state index contributed by atoms with van der Waals surface area (Å²) in [5, 5.41) is 1.17. The van der Waals surface area contributed by atoms with Crippen molar-refractivity contribution in [2.75, 3.05) is 0 Å². The molecule has 0 aliphatic heterocycles. The van der Waals surface area contributed by atoms with Gasteiger partial charge in [-0.25, -0.2) is 0 Å². The van der Waals surface area contributed by atoms with Crippen LogP contribution in [0, 0.1) is 0 Å². The molecule has 0 spiro atoms. The third kappa shape index (κ3) is 2.27. The second-order valence-corrected chi connectivity index (χ2v) is 4.97. The Morgan fingerprint density at radius 3 is 2.72 bits per heavy atom. The average Bonchev–Trinajstić information content (AvgIpc) is 2.79. The van der Waals surface area contributed by atoms with Crippen molar-refractivity contribution in [3.63, 3.8) is 0 Å². The Balaban J connectivity index is 1.79. The summed E-state index contributed by atoms with van der Waals surface area (Å²) < 4.78 is 6.85. The highest BCUT2D eigenvalue weighted by Gasteiger charge is 2.02. The molecule has 3 heteroatoms. The first kappa shape index (κ1) is 11.4. The van der Waals surface area contributed by atoms with Gasteiger partial charge in [0.1, 0.15) is 12.4 Å². The maximum absolute atomic E-state index is 5.77. The van der Waals surface area contributed by atoms with Gasteiger partial charge in [0.15, 0.2) is 0 Å². The van der Waals surface area contributed by atoms with Crippen molar-refractivity contribution in [3.05, 3.63) is 64.8 Å². The molecule has 0 fully saturated rings. The summed E-state index contributed by atoms with van der Waals surface area (Å²) in [6.45, 7) is 0.591. The van der Waals surface area contributed by atoms with E-state index in [0.717, 1.165) is 15.7 Å². The van der Waals surface area contributed by atoms with Crippen LogP contribution < -0.4 is 4.74 Å². The van der Waals surface area contributed by atoms with Crippen molar-refractivity contribution in [2.45, 2.75) is 6.61 Å². The van der Waals surface area contributed by atoms with Crippen LogP contribution in [-0.4, -0.2) is 4.98 Å². The molecule has 0 bridgehead atoms. The van der Waals surface area contributed by atoms with E-state index in [9.17, 15) is 0 Å². The number of aromatic nitrogens is 1. The predicted molar refractivity (Wildman–Crippen MR) is 76.8 cm³/mol. The summed E-state index contributed by atoms with van der Waals surface area (Å²) >= 11 is 3.50. The standard InChI is InChI=1S/C15H12BrNO/c16-14-9-17-15-8-12(6-7-13(14)15)18-10-11-4-2-1-3-5-11/h1-9,17H,10H2. The van der Waals surface area contributed by atoms with Crippen LogP contribution in [-0.2, 0) is 6.61 Å². The average molecular weight is 302 g/mol. The molecular formula is C15H12BrNO. The van der Waals surface area contributed by atoms with Gasteiger partial charge in [-0.2, -0.15) is 0 Å². The van der Waals surface area contributed by atoms with Crippen LogP contribution in [0.2, 0.25) is 0 Å². The van der Waals surface area contributed by atoms with E-state index in [-0.39, 0.29) is 0 Å². The van der Waals surface area contributed by atoms with E-state index in [1.54, 1.807) is 0 Å². The number of benzene rings is 2. The largest absolute Gasteiger partial charge is 0.489 e. The highest BCUT2D eigenvalue weighted by molar-refractivity contribution is 9.10. The molecule has 1 N–H and O–H groups in total. The van der Waals surface area contributed by atoms with Gasteiger partial charge in [-0.05, 0) is 33.6 Å². The van der Waals surface area contributed by atoms with Gasteiger partial charge in [-0.15, -0.1) is 0 Å². The molecule has 0 aliphatic rings. The SMILES string of the molecule is Brc1c[nH]c2cc(OCc3ccccc3)ccc12. The topological polar surface area (TPSA) is 25.0 Å². The lowest BCUT2D eigenvalue weighted by molar-refractivity contribution is 0.306. The second kappa shape index (κ2) is 4.86. The first-order valence-electron chi connectivity index (χ1n) is 5.76. The molecule has 0 saturated heterocycles. The Hall–Kier alpha value is -1.74. The molecule has 1 aromatic heterocycles. The summed E-state index contributed by atoms with van der Waals surface area (Å²) in [6, 6.07) is 16.2. The lowest BCUT2D eigenvalue weighted by atomic mass is 10.2. The van der Waals surface area contributed by atoms with Crippen LogP contribution in [0.1, 0.15) is 5.56 Å². The Labute approximate surface area is 114 Å². The molecular weight excluding hydrogens is 290 g/mol. The molecule has 18 heavy (non-hydrogen) atoms. The number of fused-ring (bicyclic) bond motifs is 1. The fourth-order valence-electron chi connectivity index (χ4n) is 1.90. The molecule has 0 amide bonds. The van der Waals surface area contributed by atoms with Gasteiger partial charge >= 0.3 is 0 Å². The van der Waals surface area contributed by atoms with E-state index in [4.69, 9.17) is 4.74 Å². The molecule has 1 heterocycles. The van der Waals surface area contributed by atoms with Crippen LogP contribution in [0.25, 0.3) is 10.9 Å². The van der Waals surface area contributed by atoms with Gasteiger partial charge in [0.25, 0.3) is 0 Å². The van der Waals surface area contributed by atoms with Crippen molar-refractivity contribution in [1.29, 1.82) is 0 Å². The predicted octanol–water partition coefficient (Wildman–Crippen LogP) is 4.51. The Morgan fingerprint density at radius 2 is 1.89 bits per heavy atom. The van der Waals surface area contributed by atoms with Crippen molar-refractivity contribution in [2.24, 2.45) is 0 Å². The van der Waals surface area contributed by atoms with E-state index in [0.29, 0.717) is 6.61 Å². The normalized spacial score (nSPS) is 10.7. The first-order chi connectivity index (χ1) is 8.83. The summed E-state index contributed by atoms with van der Waals surface area (Å²) in [7, 11) is 0. The van der Waals surface area contributed by atoms with Gasteiger partial charge < -0.3 is 9.72 Å². The zero-order chi connectivity index (χ0) is 12.4. The number of H-pyrrole nitrogens is 1. The van der Waals surface area contributed by atoms with E-state index >= 15 is 0 Å². The van der Waals surface area contributed by atoms with Gasteiger partial charge in [0.05, 0.1) is 5.52 Å². The number of nitrogens with one attached hydrogen (secondary N) is 1. The first-order valence-corrected chi connectivity index (χ1v) is 6.55. The summed E-state index contributed by atoms with van der Waals surface area (Å²) in [4.78, 5) is 3.20. The van der Waals surface area contributed by atoms with Crippen LogP contribution in [0.15, 0.2) is 59.2 Å². The van der Waals surface area contributed by atoms with Gasteiger partial charge in [0.2, 0.25) is 0 Å². The Bertz CT molecular complexity index is 661. The second-order valence-electron chi connectivity index (χ2n) is 4.12. The van der Waals surface area contributed by atoms with Gasteiger partial charge in [0, 0.05) is 22.1 Å². The third-order valence-electron chi connectivity index (χ3n) is 2.85. The number of hydrogen-bond acceptors (Lipinski definition) is 1. The molecule has 0 aliphatic carbocycles. The van der Waals surface area contributed by atoms with Crippen molar-refractivity contribution < 1.29 is 4.74 Å². The fourth-order valence-corrected chi connectivity index (χ4v) is 2.36.